The monoisotopic (exact) mass is 334 g/mol. The van der Waals surface area contributed by atoms with Crippen LogP contribution in [0.15, 0.2) is 12.1 Å². The summed E-state index contributed by atoms with van der Waals surface area (Å²) >= 11 is 1.99. The van der Waals surface area contributed by atoms with E-state index in [0.29, 0.717) is 27.2 Å². The number of carbonyl (C=O) groups excluding carboxylic acids is 2. The predicted molar refractivity (Wildman–Crippen MR) is 67.0 cm³/mol. The van der Waals surface area contributed by atoms with Crippen LogP contribution in [0.1, 0.15) is 24.2 Å². The molecule has 0 amide bonds. The van der Waals surface area contributed by atoms with Gasteiger partial charge in [0.05, 0.1) is 10.2 Å². The van der Waals surface area contributed by atoms with Crippen LogP contribution in [-0.4, -0.2) is 18.9 Å². The molecule has 0 saturated heterocycles. The van der Waals surface area contributed by atoms with Crippen LogP contribution in [0.2, 0.25) is 0 Å². The van der Waals surface area contributed by atoms with Crippen LogP contribution >= 0.6 is 22.6 Å². The van der Waals surface area contributed by atoms with Crippen LogP contribution in [0.4, 0.5) is 0 Å². The summed E-state index contributed by atoms with van der Waals surface area (Å²) in [4.78, 5) is 21.6. The lowest BCUT2D eigenvalue weighted by molar-refractivity contribution is -0.132. The summed E-state index contributed by atoms with van der Waals surface area (Å²) in [5, 5.41) is 0. The number of esters is 1. The first kappa shape index (κ1) is 13.0. The first-order chi connectivity index (χ1) is 7.58. The molecule has 0 aromatic heterocycles. The molecule has 0 N–H and O–H groups in total. The third-order valence-corrected chi connectivity index (χ3v) is 2.51. The van der Waals surface area contributed by atoms with E-state index in [9.17, 15) is 9.59 Å². The van der Waals surface area contributed by atoms with Crippen LogP contribution < -0.4 is 9.47 Å². The predicted octanol–water partition coefficient (Wildman–Crippen LogP) is 2.43. The minimum Gasteiger partial charge on any atom is -0.490 e. The molecule has 0 unspecified atom stereocenters. The van der Waals surface area contributed by atoms with Crippen LogP contribution in [0.25, 0.3) is 0 Å². The smallest absolute Gasteiger partial charge is 0.308 e. The summed E-state index contributed by atoms with van der Waals surface area (Å²) in [6.45, 7) is 3.57. The Morgan fingerprint density at radius 3 is 2.69 bits per heavy atom. The summed E-state index contributed by atoms with van der Waals surface area (Å²) in [5.74, 6) is 0.352. The van der Waals surface area contributed by atoms with Crippen LogP contribution in [-0.2, 0) is 4.79 Å². The first-order valence-electron chi connectivity index (χ1n) is 4.68. The molecule has 1 aromatic rings. The van der Waals surface area contributed by atoms with Gasteiger partial charge in [-0.05, 0) is 41.6 Å². The third-order valence-electron chi connectivity index (χ3n) is 1.71. The van der Waals surface area contributed by atoms with Gasteiger partial charge in [0.1, 0.15) is 6.29 Å². The van der Waals surface area contributed by atoms with E-state index in [1.807, 2.05) is 29.5 Å². The van der Waals surface area contributed by atoms with Crippen molar-refractivity contribution < 1.29 is 19.1 Å². The zero-order chi connectivity index (χ0) is 12.1. The molecule has 4 nitrogen and oxygen atoms in total. The van der Waals surface area contributed by atoms with Crippen molar-refractivity contribution >= 4 is 34.8 Å². The first-order valence-corrected chi connectivity index (χ1v) is 5.76. The van der Waals surface area contributed by atoms with Crippen LogP contribution in [0, 0.1) is 3.57 Å². The van der Waals surface area contributed by atoms with Gasteiger partial charge in [-0.1, -0.05) is 0 Å². The average Bonchev–Trinajstić information content (AvgIpc) is 2.22. The van der Waals surface area contributed by atoms with Gasteiger partial charge in [-0.2, -0.15) is 0 Å². The highest BCUT2D eigenvalue weighted by Gasteiger charge is 2.13. The average molecular weight is 334 g/mol. The Balaban J connectivity index is 3.21. The van der Waals surface area contributed by atoms with Gasteiger partial charge in [-0.25, -0.2) is 0 Å². The highest BCUT2D eigenvalue weighted by atomic mass is 127. The number of rotatable bonds is 4. The third kappa shape index (κ3) is 3.19. The zero-order valence-electron chi connectivity index (χ0n) is 8.95. The number of carbonyl (C=O) groups is 2. The zero-order valence-corrected chi connectivity index (χ0v) is 11.1. The van der Waals surface area contributed by atoms with Crippen molar-refractivity contribution in [1.29, 1.82) is 0 Å². The number of ether oxygens (including phenoxy) is 2. The molecule has 0 radical (unpaired) electrons. The molecule has 1 rings (SSSR count). The summed E-state index contributed by atoms with van der Waals surface area (Å²) in [5.41, 5.74) is 0.490. The largest absolute Gasteiger partial charge is 0.490 e. The molecule has 0 heterocycles. The number of benzene rings is 1. The summed E-state index contributed by atoms with van der Waals surface area (Å²) in [6, 6.07) is 3.19. The van der Waals surface area contributed by atoms with Gasteiger partial charge in [-0.15, -0.1) is 0 Å². The van der Waals surface area contributed by atoms with E-state index in [2.05, 4.69) is 0 Å². The number of hydrogen-bond acceptors (Lipinski definition) is 4. The Labute approximate surface area is 107 Å². The standard InChI is InChI=1S/C11H11IO4/c1-3-15-10-5-8(6-13)4-9(12)11(10)16-7(2)14/h4-6H,3H2,1-2H3. The highest BCUT2D eigenvalue weighted by Crippen LogP contribution is 2.33. The molecule has 0 aliphatic carbocycles. The second-order valence-corrected chi connectivity index (χ2v) is 4.14. The van der Waals surface area contributed by atoms with Gasteiger partial charge >= 0.3 is 5.97 Å². The van der Waals surface area contributed by atoms with Gasteiger partial charge in [0.15, 0.2) is 11.5 Å². The fraction of sp³-hybridized carbons (Fsp3) is 0.273. The quantitative estimate of drug-likeness (QED) is 0.367. The van der Waals surface area contributed by atoms with E-state index in [1.54, 1.807) is 12.1 Å². The Morgan fingerprint density at radius 1 is 1.50 bits per heavy atom. The maximum Gasteiger partial charge on any atom is 0.308 e. The topological polar surface area (TPSA) is 52.6 Å². The molecule has 1 aromatic carbocycles. The fourth-order valence-electron chi connectivity index (χ4n) is 1.16. The maximum atomic E-state index is 10.9. The maximum absolute atomic E-state index is 10.9. The molecule has 0 aliphatic rings. The Kier molecular flexibility index (Phi) is 4.72. The van der Waals surface area contributed by atoms with Crippen molar-refractivity contribution in [3.05, 3.63) is 21.3 Å². The van der Waals surface area contributed by atoms with Gasteiger partial charge < -0.3 is 9.47 Å². The van der Waals surface area contributed by atoms with Crippen molar-refractivity contribution in [2.45, 2.75) is 13.8 Å². The molecule has 16 heavy (non-hydrogen) atoms. The van der Waals surface area contributed by atoms with E-state index in [1.165, 1.54) is 6.92 Å². The van der Waals surface area contributed by atoms with Crippen molar-refractivity contribution in [1.82, 2.24) is 0 Å². The van der Waals surface area contributed by atoms with Gasteiger partial charge in [0.25, 0.3) is 0 Å². The Hall–Kier alpha value is -1.11. The van der Waals surface area contributed by atoms with Crippen molar-refractivity contribution in [3.63, 3.8) is 0 Å². The number of halogens is 1. The molecule has 0 fully saturated rings. The summed E-state index contributed by atoms with van der Waals surface area (Å²) < 4.78 is 11.0. The lowest BCUT2D eigenvalue weighted by Crippen LogP contribution is -2.06. The van der Waals surface area contributed by atoms with Crippen LogP contribution in [0.5, 0.6) is 11.5 Å². The highest BCUT2D eigenvalue weighted by molar-refractivity contribution is 14.1. The van der Waals surface area contributed by atoms with Gasteiger partial charge in [0.2, 0.25) is 0 Å². The second-order valence-electron chi connectivity index (χ2n) is 2.97. The van der Waals surface area contributed by atoms with E-state index in [0.717, 1.165) is 6.29 Å². The van der Waals surface area contributed by atoms with Gasteiger partial charge in [0, 0.05) is 12.5 Å². The lowest BCUT2D eigenvalue weighted by atomic mass is 10.2. The molecule has 0 saturated carbocycles. The molecule has 86 valence electrons. The van der Waals surface area contributed by atoms with Crippen molar-refractivity contribution in [2.75, 3.05) is 6.61 Å². The van der Waals surface area contributed by atoms with Gasteiger partial charge in [-0.3, -0.25) is 9.59 Å². The fourth-order valence-corrected chi connectivity index (χ4v) is 1.90. The van der Waals surface area contributed by atoms with Crippen molar-refractivity contribution in [2.24, 2.45) is 0 Å². The SMILES string of the molecule is CCOc1cc(C=O)cc(I)c1OC(C)=O. The van der Waals surface area contributed by atoms with E-state index in [-0.39, 0.29) is 0 Å². The molecule has 0 atom stereocenters. The molecule has 0 bridgehead atoms. The number of aldehydes is 1. The van der Waals surface area contributed by atoms with Crippen molar-refractivity contribution in [3.8, 4) is 11.5 Å². The minimum absolute atomic E-state index is 0.362. The van der Waals surface area contributed by atoms with E-state index < -0.39 is 5.97 Å². The molecule has 0 aliphatic heterocycles. The normalized spacial score (nSPS) is 9.69. The van der Waals surface area contributed by atoms with Crippen LogP contribution in [0.3, 0.4) is 0 Å². The Bertz CT molecular complexity index is 415. The van der Waals surface area contributed by atoms with E-state index >= 15 is 0 Å². The Morgan fingerprint density at radius 2 is 2.19 bits per heavy atom. The minimum atomic E-state index is -0.419. The summed E-state index contributed by atoms with van der Waals surface area (Å²) in [6.07, 6.45) is 0.724. The lowest BCUT2D eigenvalue weighted by Gasteiger charge is -2.11. The second kappa shape index (κ2) is 5.83. The molecular formula is C11H11IO4. The number of hydrogen-bond donors (Lipinski definition) is 0. The molecule has 5 heteroatoms. The summed E-state index contributed by atoms with van der Waals surface area (Å²) in [7, 11) is 0. The van der Waals surface area contributed by atoms with E-state index in [4.69, 9.17) is 9.47 Å². The molecule has 0 spiro atoms. The molecular weight excluding hydrogens is 323 g/mol.